The summed E-state index contributed by atoms with van der Waals surface area (Å²) in [5.41, 5.74) is 2.34. The Hall–Kier alpha value is -3.04. The molecule has 2 aliphatic rings. The number of anilines is 1. The van der Waals surface area contributed by atoms with Crippen LogP contribution in [0.2, 0.25) is 0 Å². The Balaban J connectivity index is 1.53. The molecule has 0 spiro atoms. The first kappa shape index (κ1) is 24.1. The lowest BCUT2D eigenvalue weighted by atomic mass is 10.1. The van der Waals surface area contributed by atoms with Gasteiger partial charge in [-0.3, -0.25) is 4.79 Å². The van der Waals surface area contributed by atoms with Gasteiger partial charge in [0.15, 0.2) is 11.5 Å². The van der Waals surface area contributed by atoms with Crippen molar-refractivity contribution in [1.82, 2.24) is 4.31 Å². The number of hydrogen-bond acceptors (Lipinski definition) is 6. The maximum Gasteiger partial charge on any atom is 0.251 e. The fourth-order valence-electron chi connectivity index (χ4n) is 4.48. The summed E-state index contributed by atoms with van der Waals surface area (Å²) in [5, 5.41) is 0. The van der Waals surface area contributed by atoms with Gasteiger partial charge in [-0.15, -0.1) is 0 Å². The van der Waals surface area contributed by atoms with Gasteiger partial charge in [0.1, 0.15) is 0 Å². The quantitative estimate of drug-likeness (QED) is 0.557. The van der Waals surface area contributed by atoms with Crippen LogP contribution in [0, 0.1) is 0 Å². The van der Waals surface area contributed by atoms with Crippen LogP contribution < -0.4 is 19.1 Å². The van der Waals surface area contributed by atoms with Crippen molar-refractivity contribution < 1.29 is 27.4 Å². The average molecular weight is 487 g/mol. The van der Waals surface area contributed by atoms with Crippen molar-refractivity contribution in [3.05, 3.63) is 47.5 Å². The fourth-order valence-corrected chi connectivity index (χ4v) is 6.05. The summed E-state index contributed by atoms with van der Waals surface area (Å²) in [7, 11) is 1.11. The standard InChI is InChI=1S/C25H30N2O6S/c1-31-22-15-18(16-23(32-2)25(22)33-3)7-10-24(28)27-14-11-19-17-20(8-9-21(19)27)34(29,30)26-12-5-4-6-13-26/h7-10,15-17H,4-6,11-14H2,1-3H3/b10-7+. The second-order valence-corrected chi connectivity index (χ2v) is 10.2. The molecule has 2 aromatic rings. The van der Waals surface area contributed by atoms with Crippen LogP contribution >= 0.6 is 0 Å². The smallest absolute Gasteiger partial charge is 0.251 e. The van der Waals surface area contributed by atoms with Gasteiger partial charge >= 0.3 is 0 Å². The normalized spacial score (nSPS) is 16.5. The van der Waals surface area contributed by atoms with Gasteiger partial charge in [0, 0.05) is 31.4 Å². The molecule has 2 heterocycles. The maximum absolute atomic E-state index is 13.0. The Morgan fingerprint density at radius 1 is 0.912 bits per heavy atom. The molecule has 0 saturated carbocycles. The van der Waals surface area contributed by atoms with E-state index < -0.39 is 10.0 Å². The van der Waals surface area contributed by atoms with Crippen molar-refractivity contribution in [3.63, 3.8) is 0 Å². The minimum Gasteiger partial charge on any atom is -0.493 e. The highest BCUT2D eigenvalue weighted by Crippen LogP contribution is 2.38. The Bertz CT molecular complexity index is 1180. The summed E-state index contributed by atoms with van der Waals surface area (Å²) < 4.78 is 43.7. The molecule has 0 aliphatic carbocycles. The topological polar surface area (TPSA) is 85.4 Å². The Morgan fingerprint density at radius 2 is 1.59 bits per heavy atom. The van der Waals surface area contributed by atoms with E-state index in [0.717, 1.165) is 36.1 Å². The summed E-state index contributed by atoms with van der Waals surface area (Å²) in [6.07, 6.45) is 6.66. The van der Waals surface area contributed by atoms with E-state index in [2.05, 4.69) is 0 Å². The Kier molecular flexibility index (Phi) is 7.13. The summed E-state index contributed by atoms with van der Waals surface area (Å²) >= 11 is 0. The van der Waals surface area contributed by atoms with Crippen molar-refractivity contribution in [3.8, 4) is 17.2 Å². The van der Waals surface area contributed by atoms with Crippen LogP contribution in [0.5, 0.6) is 17.2 Å². The van der Waals surface area contributed by atoms with E-state index in [9.17, 15) is 13.2 Å². The number of methoxy groups -OCH3 is 3. The van der Waals surface area contributed by atoms with Crippen LogP contribution in [0.4, 0.5) is 5.69 Å². The maximum atomic E-state index is 13.0. The predicted octanol–water partition coefficient (Wildman–Crippen LogP) is 3.49. The first-order valence-corrected chi connectivity index (χ1v) is 12.8. The molecule has 0 aromatic heterocycles. The number of piperidine rings is 1. The van der Waals surface area contributed by atoms with Crippen molar-refractivity contribution in [2.24, 2.45) is 0 Å². The van der Waals surface area contributed by atoms with Gasteiger partial charge in [0.2, 0.25) is 15.8 Å². The first-order valence-electron chi connectivity index (χ1n) is 11.3. The SMILES string of the molecule is COc1cc(/C=C/C(=O)N2CCc3cc(S(=O)(=O)N4CCCCC4)ccc32)cc(OC)c1OC. The van der Waals surface area contributed by atoms with Crippen LogP contribution in [0.25, 0.3) is 6.08 Å². The molecule has 0 atom stereocenters. The molecule has 0 N–H and O–H groups in total. The number of hydrogen-bond donors (Lipinski definition) is 0. The minimum atomic E-state index is -3.50. The van der Waals surface area contributed by atoms with Crippen LogP contribution in [0.15, 0.2) is 41.3 Å². The van der Waals surface area contributed by atoms with Crippen molar-refractivity contribution in [1.29, 1.82) is 0 Å². The van der Waals surface area contributed by atoms with Crippen LogP contribution in [0.1, 0.15) is 30.4 Å². The van der Waals surface area contributed by atoms with Crippen LogP contribution in [-0.4, -0.2) is 59.6 Å². The predicted molar refractivity (Wildman–Crippen MR) is 130 cm³/mol. The fraction of sp³-hybridized carbons (Fsp3) is 0.400. The number of carbonyl (C=O) groups excluding carboxylic acids is 1. The minimum absolute atomic E-state index is 0.181. The van der Waals surface area contributed by atoms with Gasteiger partial charge in [-0.1, -0.05) is 6.42 Å². The summed E-state index contributed by atoms with van der Waals surface area (Å²) in [6.45, 7) is 1.63. The summed E-state index contributed by atoms with van der Waals surface area (Å²) in [4.78, 5) is 14.9. The Morgan fingerprint density at radius 3 is 2.21 bits per heavy atom. The number of rotatable bonds is 7. The number of benzene rings is 2. The molecule has 0 bridgehead atoms. The molecule has 34 heavy (non-hydrogen) atoms. The number of nitrogens with zero attached hydrogens (tertiary/aromatic N) is 2. The third kappa shape index (κ3) is 4.63. The third-order valence-electron chi connectivity index (χ3n) is 6.27. The van der Waals surface area contributed by atoms with Gasteiger partial charge in [-0.05, 0) is 66.8 Å². The van der Waals surface area contributed by atoms with Gasteiger partial charge in [0.05, 0.1) is 26.2 Å². The van der Waals surface area contributed by atoms with Crippen molar-refractivity contribution >= 4 is 27.7 Å². The van der Waals surface area contributed by atoms with Gasteiger partial charge in [-0.25, -0.2) is 8.42 Å². The molecule has 8 nitrogen and oxygen atoms in total. The van der Waals surface area contributed by atoms with E-state index in [0.29, 0.717) is 48.2 Å². The van der Waals surface area contributed by atoms with E-state index in [1.54, 1.807) is 45.6 Å². The van der Waals surface area contributed by atoms with Crippen molar-refractivity contribution in [2.45, 2.75) is 30.6 Å². The second kappa shape index (κ2) is 10.1. The molecule has 2 aromatic carbocycles. The highest BCUT2D eigenvalue weighted by Gasteiger charge is 2.29. The second-order valence-electron chi connectivity index (χ2n) is 8.29. The zero-order valence-electron chi connectivity index (χ0n) is 19.7. The zero-order chi connectivity index (χ0) is 24.3. The lowest BCUT2D eigenvalue weighted by Crippen LogP contribution is -2.35. The summed E-state index contributed by atoms with van der Waals surface area (Å²) in [6, 6.07) is 8.60. The third-order valence-corrected chi connectivity index (χ3v) is 8.17. The van der Waals surface area contributed by atoms with E-state index in [4.69, 9.17) is 14.2 Å². The van der Waals surface area contributed by atoms with E-state index in [-0.39, 0.29) is 5.91 Å². The molecule has 1 amide bonds. The molecule has 1 saturated heterocycles. The van der Waals surface area contributed by atoms with Crippen molar-refractivity contribution in [2.75, 3.05) is 45.9 Å². The van der Waals surface area contributed by atoms with E-state index >= 15 is 0 Å². The van der Waals surface area contributed by atoms with Crippen LogP contribution in [-0.2, 0) is 21.2 Å². The number of carbonyl (C=O) groups is 1. The number of ether oxygens (including phenoxy) is 3. The zero-order valence-corrected chi connectivity index (χ0v) is 20.6. The van der Waals surface area contributed by atoms with E-state index in [1.807, 2.05) is 0 Å². The highest BCUT2D eigenvalue weighted by molar-refractivity contribution is 7.89. The van der Waals surface area contributed by atoms with Crippen LogP contribution in [0.3, 0.4) is 0 Å². The Labute approximate surface area is 200 Å². The molecule has 4 rings (SSSR count). The molecule has 9 heteroatoms. The number of amides is 1. The lowest BCUT2D eigenvalue weighted by molar-refractivity contribution is -0.114. The molecular weight excluding hydrogens is 456 g/mol. The molecule has 0 unspecified atom stereocenters. The highest BCUT2D eigenvalue weighted by atomic mass is 32.2. The van der Waals surface area contributed by atoms with Gasteiger partial charge in [-0.2, -0.15) is 4.31 Å². The number of sulfonamides is 1. The molecule has 2 aliphatic heterocycles. The average Bonchev–Trinajstić information content (AvgIpc) is 3.30. The molecule has 1 fully saturated rings. The largest absolute Gasteiger partial charge is 0.493 e. The number of fused-ring (bicyclic) bond motifs is 1. The molecule has 0 radical (unpaired) electrons. The monoisotopic (exact) mass is 486 g/mol. The molecule has 182 valence electrons. The van der Waals surface area contributed by atoms with Gasteiger partial charge in [0.25, 0.3) is 5.91 Å². The first-order chi connectivity index (χ1) is 16.4. The lowest BCUT2D eigenvalue weighted by Gasteiger charge is -2.26. The van der Waals surface area contributed by atoms with E-state index in [1.165, 1.54) is 27.4 Å². The van der Waals surface area contributed by atoms with Gasteiger partial charge < -0.3 is 19.1 Å². The molecular formula is C25H30N2O6S. The summed E-state index contributed by atoms with van der Waals surface area (Å²) in [5.74, 6) is 1.31.